The average molecular weight is 675 g/mol. The molecule has 0 aliphatic heterocycles. The molecule has 0 amide bonds. The van der Waals surface area contributed by atoms with Gasteiger partial charge in [-0.2, -0.15) is 52.7 Å². The van der Waals surface area contributed by atoms with E-state index < -0.39 is 109 Å². The van der Waals surface area contributed by atoms with Gasteiger partial charge in [0.15, 0.2) is 0 Å². The largest absolute Gasteiger partial charge is 0.512 e. The van der Waals surface area contributed by atoms with E-state index in [2.05, 4.69) is 0 Å². The molecule has 230 valence electrons. The molecule has 0 radical (unpaired) electrons. The molecule has 0 bridgehead atoms. The Balaban J connectivity index is 6.45. The van der Waals surface area contributed by atoms with Gasteiger partial charge >= 0.3 is 62.1 Å². The Kier molecular flexibility index (Phi) is 11.0. The molecule has 0 aliphatic rings. The van der Waals surface area contributed by atoms with Crippen molar-refractivity contribution in [3.63, 3.8) is 0 Å². The van der Waals surface area contributed by atoms with Gasteiger partial charge in [-0.05, 0) is 0 Å². The smallest absolute Gasteiger partial charge is 0.395 e. The first-order valence-corrected chi connectivity index (χ1v) is 14.3. The predicted molar refractivity (Wildman–Crippen MR) is 96.8 cm³/mol. The highest BCUT2D eigenvalue weighted by Gasteiger charge is 2.62. The van der Waals surface area contributed by atoms with Gasteiger partial charge in [-0.3, -0.25) is 4.90 Å². The van der Waals surface area contributed by atoms with E-state index in [9.17, 15) is 86.4 Å². The molecular weight excluding hydrogens is 662 g/mol. The third kappa shape index (κ3) is 7.71. The van der Waals surface area contributed by atoms with E-state index in [1.807, 2.05) is 0 Å². The van der Waals surface area contributed by atoms with Crippen LogP contribution in [0.2, 0.25) is 0 Å². The van der Waals surface area contributed by atoms with Crippen molar-refractivity contribution in [2.75, 3.05) is 39.3 Å². The number of rotatable bonds is 12. The molecule has 0 saturated heterocycles. The van der Waals surface area contributed by atoms with E-state index in [1.165, 1.54) is 0 Å². The highest BCUT2D eigenvalue weighted by atomic mass is 32.3. The number of alkyl halides is 12. The Morgan fingerprint density at radius 1 is 0.421 bits per heavy atom. The first-order chi connectivity index (χ1) is 16.4. The molecule has 38 heavy (non-hydrogen) atoms. The fourth-order valence-corrected chi connectivity index (χ4v) is 7.42. The summed E-state index contributed by atoms with van der Waals surface area (Å²) in [6.45, 7) is -10.8. The van der Waals surface area contributed by atoms with E-state index in [1.54, 1.807) is 0 Å². The minimum absolute atomic E-state index is 0.0322. The zero-order chi connectivity index (χ0) is 31.0. The van der Waals surface area contributed by atoms with Crippen LogP contribution in [0.15, 0.2) is 0 Å². The van der Waals surface area contributed by atoms with Crippen molar-refractivity contribution in [3.05, 3.63) is 0 Å². The van der Waals surface area contributed by atoms with Crippen molar-refractivity contribution >= 4 is 40.1 Å². The molecule has 0 fully saturated rings. The minimum Gasteiger partial charge on any atom is -0.395 e. The molecular formula is C10H13F12N3O9S4. The standard InChI is InChI=1S/C10H13F12N3O9S4/c11-7(12,13)35(27,28)24(36(29,30)8(14,15)16)3-1-23(5-6-26)2-4-25(37(31,32)9(17,18)19)38(33,34)10(20,21)22/h26H,1-6H2. The number of hydrogen-bond acceptors (Lipinski definition) is 10. The van der Waals surface area contributed by atoms with E-state index in [0.29, 0.717) is 0 Å². The van der Waals surface area contributed by atoms with Crippen LogP contribution in [-0.2, 0) is 40.1 Å². The SMILES string of the molecule is O=S(=O)(N(CCN(CCO)CCN(S(=O)(=O)C(F)(F)F)S(=O)(=O)C(F)(F)F)S(=O)(=O)C(F)(F)F)C(F)(F)F. The van der Waals surface area contributed by atoms with Crippen molar-refractivity contribution in [1.29, 1.82) is 0 Å². The van der Waals surface area contributed by atoms with Crippen LogP contribution >= 0.6 is 0 Å². The molecule has 0 heterocycles. The Bertz CT molecular complexity index is 1070. The summed E-state index contributed by atoms with van der Waals surface area (Å²) in [5.41, 5.74) is -26.8. The predicted octanol–water partition coefficient (Wildman–Crippen LogP) is 0.283. The molecule has 0 saturated carbocycles. The van der Waals surface area contributed by atoms with Gasteiger partial charge in [0.05, 0.1) is 6.61 Å². The number of aliphatic hydroxyl groups is 1. The van der Waals surface area contributed by atoms with Crippen LogP contribution in [0.4, 0.5) is 52.7 Å². The lowest BCUT2D eigenvalue weighted by Crippen LogP contribution is -2.53. The van der Waals surface area contributed by atoms with Crippen molar-refractivity contribution in [2.45, 2.75) is 22.0 Å². The minimum atomic E-state index is -7.37. The summed E-state index contributed by atoms with van der Waals surface area (Å²) in [7, 11) is -29.5. The van der Waals surface area contributed by atoms with Gasteiger partial charge in [-0.1, -0.05) is 7.42 Å². The Hall–Kier alpha value is -1.20. The van der Waals surface area contributed by atoms with E-state index in [0.717, 1.165) is 0 Å². The number of halogens is 12. The number of hydrogen-bond donors (Lipinski definition) is 1. The van der Waals surface area contributed by atoms with Gasteiger partial charge < -0.3 is 5.11 Å². The first kappa shape index (κ1) is 36.8. The fourth-order valence-electron chi connectivity index (χ4n) is 2.12. The van der Waals surface area contributed by atoms with Crippen molar-refractivity contribution in [3.8, 4) is 0 Å². The summed E-state index contributed by atoms with van der Waals surface area (Å²) < 4.78 is 240. The van der Waals surface area contributed by atoms with Crippen LogP contribution in [-0.4, -0.2) is 112 Å². The normalized spacial score (nSPS) is 15.6. The molecule has 28 heteroatoms. The third-order valence-electron chi connectivity index (χ3n) is 3.86. The molecule has 0 atom stereocenters. The van der Waals surface area contributed by atoms with Gasteiger partial charge in [0.25, 0.3) is 0 Å². The molecule has 0 unspecified atom stereocenters. The topological polar surface area (TPSA) is 167 Å². The maximum absolute atomic E-state index is 12.7. The zero-order valence-electron chi connectivity index (χ0n) is 17.5. The molecule has 0 aromatic heterocycles. The van der Waals surface area contributed by atoms with Crippen molar-refractivity contribution in [2.24, 2.45) is 0 Å². The second-order valence-corrected chi connectivity index (χ2v) is 14.2. The summed E-state index contributed by atoms with van der Waals surface area (Å²) in [5.74, 6) is 0. The number of nitrogens with zero attached hydrogens (tertiary/aromatic N) is 3. The second-order valence-electron chi connectivity index (χ2n) is 6.36. The van der Waals surface area contributed by atoms with Gasteiger partial charge in [-0.25, -0.2) is 33.7 Å². The molecule has 0 rings (SSSR count). The lowest BCUT2D eigenvalue weighted by atomic mass is 10.4. The maximum atomic E-state index is 12.7. The third-order valence-corrected chi connectivity index (χ3v) is 11.4. The molecule has 0 aromatic carbocycles. The molecule has 0 aliphatic carbocycles. The Labute approximate surface area is 205 Å². The summed E-state index contributed by atoms with van der Waals surface area (Å²) in [4.78, 5) is -0.0322. The van der Waals surface area contributed by atoms with E-state index in [-0.39, 0.29) is 4.90 Å². The highest BCUT2D eigenvalue weighted by molar-refractivity contribution is 8.05. The lowest BCUT2D eigenvalue weighted by Gasteiger charge is -2.29. The van der Waals surface area contributed by atoms with Crippen LogP contribution in [0.25, 0.3) is 0 Å². The van der Waals surface area contributed by atoms with Crippen LogP contribution in [0.5, 0.6) is 0 Å². The zero-order valence-corrected chi connectivity index (χ0v) is 20.7. The van der Waals surface area contributed by atoms with E-state index >= 15 is 0 Å². The van der Waals surface area contributed by atoms with E-state index in [4.69, 9.17) is 5.11 Å². The fraction of sp³-hybridized carbons (Fsp3) is 1.00. The summed E-state index contributed by atoms with van der Waals surface area (Å²) in [6, 6.07) is 0. The monoisotopic (exact) mass is 675 g/mol. The van der Waals surface area contributed by atoms with Gasteiger partial charge in [0.1, 0.15) is 0 Å². The average Bonchev–Trinajstić information content (AvgIpc) is 2.63. The maximum Gasteiger partial charge on any atom is 0.512 e. The molecule has 0 aromatic rings. The van der Waals surface area contributed by atoms with Gasteiger partial charge in [0, 0.05) is 32.7 Å². The number of sulfonamides is 4. The summed E-state index contributed by atoms with van der Waals surface area (Å²) in [5, 5.41) is 8.86. The Morgan fingerprint density at radius 3 is 0.789 bits per heavy atom. The quantitative estimate of drug-likeness (QED) is 0.284. The molecule has 12 nitrogen and oxygen atoms in total. The lowest BCUT2D eigenvalue weighted by molar-refractivity contribution is -0.0539. The number of aliphatic hydroxyl groups excluding tert-OH is 1. The van der Waals surface area contributed by atoms with Crippen LogP contribution in [0.3, 0.4) is 0 Å². The van der Waals surface area contributed by atoms with Crippen LogP contribution < -0.4 is 0 Å². The van der Waals surface area contributed by atoms with Crippen molar-refractivity contribution < 1.29 is 91.5 Å². The highest BCUT2D eigenvalue weighted by Crippen LogP contribution is 2.36. The Morgan fingerprint density at radius 2 is 0.632 bits per heavy atom. The van der Waals surface area contributed by atoms with Gasteiger partial charge in [-0.15, -0.1) is 0 Å². The van der Waals surface area contributed by atoms with Crippen molar-refractivity contribution in [1.82, 2.24) is 12.3 Å². The summed E-state index contributed by atoms with van der Waals surface area (Å²) in [6.07, 6.45) is 0. The first-order valence-electron chi connectivity index (χ1n) is 8.55. The second kappa shape index (κ2) is 11.4. The van der Waals surface area contributed by atoms with Crippen LogP contribution in [0, 0.1) is 0 Å². The van der Waals surface area contributed by atoms with Gasteiger partial charge in [0.2, 0.25) is 0 Å². The molecule has 0 spiro atoms. The summed E-state index contributed by atoms with van der Waals surface area (Å²) >= 11 is 0. The molecule has 1 N–H and O–H groups in total. The van der Waals surface area contributed by atoms with Crippen LogP contribution in [0.1, 0.15) is 0 Å².